The first kappa shape index (κ1) is 18.7. The molecule has 8 nitrogen and oxygen atoms in total. The fourth-order valence-corrected chi connectivity index (χ4v) is 4.35. The summed E-state index contributed by atoms with van der Waals surface area (Å²) in [7, 11) is 0. The van der Waals surface area contributed by atoms with E-state index in [1.165, 1.54) is 16.8 Å². The molecule has 2 aliphatic heterocycles. The van der Waals surface area contributed by atoms with Crippen molar-refractivity contribution in [3.05, 3.63) is 47.2 Å². The number of nitrogen functional groups attached to an aromatic ring is 1. The zero-order chi connectivity index (χ0) is 21.0. The number of carbonyl (C=O) groups excluding carboxylic acids is 1. The molecule has 3 aromatic heterocycles. The average Bonchev–Trinajstić information content (AvgIpc) is 3.24. The molecular formula is C20H21F2N7O. The Morgan fingerprint density at radius 3 is 3.03 bits per heavy atom. The van der Waals surface area contributed by atoms with Crippen molar-refractivity contribution >= 4 is 23.2 Å². The van der Waals surface area contributed by atoms with E-state index in [1.54, 1.807) is 17.2 Å². The first-order chi connectivity index (χ1) is 14.4. The van der Waals surface area contributed by atoms with Crippen LogP contribution < -0.4 is 16.0 Å². The third-order valence-electron chi connectivity index (χ3n) is 5.79. The number of aryl methyl sites for hydroxylation is 1. The molecule has 0 aromatic carbocycles. The molecule has 1 fully saturated rings. The predicted octanol–water partition coefficient (Wildman–Crippen LogP) is 2.20. The van der Waals surface area contributed by atoms with Crippen LogP contribution in [-0.2, 0) is 6.42 Å². The molecule has 3 aromatic rings. The molecule has 0 saturated carbocycles. The maximum absolute atomic E-state index is 14.5. The van der Waals surface area contributed by atoms with Gasteiger partial charge < -0.3 is 16.0 Å². The number of nitrogens with one attached hydrogen (secondary N) is 1. The summed E-state index contributed by atoms with van der Waals surface area (Å²) >= 11 is 0. The van der Waals surface area contributed by atoms with Gasteiger partial charge in [0.1, 0.15) is 23.4 Å². The summed E-state index contributed by atoms with van der Waals surface area (Å²) in [5.74, 6) is -0.278. The number of nitrogens with zero attached hydrogens (tertiary/aromatic N) is 5. The van der Waals surface area contributed by atoms with Crippen molar-refractivity contribution in [2.24, 2.45) is 0 Å². The highest BCUT2D eigenvalue weighted by Gasteiger charge is 2.36. The number of pyridine rings is 1. The van der Waals surface area contributed by atoms with Crippen LogP contribution in [-0.4, -0.2) is 44.2 Å². The second kappa shape index (κ2) is 6.89. The Morgan fingerprint density at radius 2 is 2.20 bits per heavy atom. The topological polar surface area (TPSA) is 101 Å². The van der Waals surface area contributed by atoms with Crippen molar-refractivity contribution in [1.82, 2.24) is 24.9 Å². The first-order valence-electron chi connectivity index (χ1n) is 9.91. The molecule has 0 spiro atoms. The largest absolute Gasteiger partial charge is 0.381 e. The number of amides is 1. The van der Waals surface area contributed by atoms with Crippen LogP contribution in [0.5, 0.6) is 0 Å². The number of aromatic nitrogens is 4. The molecular weight excluding hydrogens is 392 g/mol. The van der Waals surface area contributed by atoms with Crippen LogP contribution in [0.15, 0.2) is 24.5 Å². The third-order valence-corrected chi connectivity index (χ3v) is 5.79. The summed E-state index contributed by atoms with van der Waals surface area (Å²) < 4.78 is 30.1. The third kappa shape index (κ3) is 3.03. The average molecular weight is 413 g/mol. The molecule has 10 heteroatoms. The molecule has 0 unspecified atom stereocenters. The van der Waals surface area contributed by atoms with Gasteiger partial charge in [-0.05, 0) is 37.5 Å². The van der Waals surface area contributed by atoms with Crippen LogP contribution in [0.4, 0.5) is 20.4 Å². The zero-order valence-electron chi connectivity index (χ0n) is 16.3. The van der Waals surface area contributed by atoms with Crippen LogP contribution in [0, 0.1) is 5.82 Å². The molecule has 0 radical (unpaired) electrons. The number of halogens is 2. The summed E-state index contributed by atoms with van der Waals surface area (Å²) in [6.45, 7) is 1.99. The maximum Gasteiger partial charge on any atom is 0.259 e. The van der Waals surface area contributed by atoms with Gasteiger partial charge in [0.05, 0.1) is 18.8 Å². The molecule has 156 valence electrons. The van der Waals surface area contributed by atoms with E-state index in [1.807, 2.05) is 6.92 Å². The Labute approximate surface area is 171 Å². The number of nitrogens with two attached hydrogens (primary N) is 1. The van der Waals surface area contributed by atoms with E-state index < -0.39 is 18.0 Å². The van der Waals surface area contributed by atoms with E-state index >= 15 is 0 Å². The lowest BCUT2D eigenvalue weighted by atomic mass is 9.98. The molecule has 0 aliphatic carbocycles. The van der Waals surface area contributed by atoms with Crippen molar-refractivity contribution in [3.8, 4) is 0 Å². The maximum atomic E-state index is 14.5. The molecule has 30 heavy (non-hydrogen) atoms. The Bertz CT molecular complexity index is 1150. The molecule has 2 aliphatic rings. The Kier molecular flexibility index (Phi) is 4.30. The summed E-state index contributed by atoms with van der Waals surface area (Å²) in [4.78, 5) is 23.6. The number of rotatable bonds is 0. The molecule has 1 amide bonds. The first-order valence-corrected chi connectivity index (χ1v) is 9.91. The molecule has 5 rings (SSSR count). The summed E-state index contributed by atoms with van der Waals surface area (Å²) in [6.07, 6.45) is 3.04. The van der Waals surface area contributed by atoms with Crippen molar-refractivity contribution in [1.29, 1.82) is 0 Å². The van der Waals surface area contributed by atoms with Gasteiger partial charge in [0.15, 0.2) is 11.5 Å². The second-order valence-corrected chi connectivity index (χ2v) is 7.92. The summed E-state index contributed by atoms with van der Waals surface area (Å²) in [5.41, 5.74) is 7.84. The van der Waals surface area contributed by atoms with Crippen LogP contribution >= 0.6 is 0 Å². The van der Waals surface area contributed by atoms with E-state index in [2.05, 4.69) is 20.4 Å². The minimum absolute atomic E-state index is 0.0765. The van der Waals surface area contributed by atoms with E-state index in [-0.39, 0.29) is 36.3 Å². The number of alkyl halides is 1. The van der Waals surface area contributed by atoms with Gasteiger partial charge in [0.25, 0.3) is 5.91 Å². The van der Waals surface area contributed by atoms with Crippen molar-refractivity contribution < 1.29 is 13.6 Å². The lowest BCUT2D eigenvalue weighted by molar-refractivity contribution is 0.0940. The number of hydrogen-bond donors (Lipinski definition) is 2. The highest BCUT2D eigenvalue weighted by atomic mass is 19.1. The van der Waals surface area contributed by atoms with Gasteiger partial charge in [0.2, 0.25) is 0 Å². The van der Waals surface area contributed by atoms with E-state index in [9.17, 15) is 13.6 Å². The fourth-order valence-electron chi connectivity index (χ4n) is 4.35. The number of carbonyl (C=O) groups is 1. The van der Waals surface area contributed by atoms with Crippen LogP contribution in [0.25, 0.3) is 5.65 Å². The standard InChI is InChI=1S/C20H21F2N7O/c1-10-2-3-14-13(6-11(21)8-24-14)15-7-12(22)9-28(15)16-4-5-29-19(26-16)17(18(23)27-29)20(30)25-10/h4-6,8,10,12,15H,2-3,7,9H2,1H3,(H2,23,27)(H,25,30)/t10-,12-,15-/m0/s1. The van der Waals surface area contributed by atoms with E-state index in [0.717, 1.165) is 0 Å². The van der Waals surface area contributed by atoms with Crippen molar-refractivity contribution in [3.63, 3.8) is 0 Å². The Balaban J connectivity index is 1.72. The van der Waals surface area contributed by atoms with Crippen LogP contribution in [0.3, 0.4) is 0 Å². The number of hydrogen-bond acceptors (Lipinski definition) is 6. The van der Waals surface area contributed by atoms with Crippen LogP contribution in [0.2, 0.25) is 0 Å². The monoisotopic (exact) mass is 413 g/mol. The van der Waals surface area contributed by atoms with Crippen LogP contribution in [0.1, 0.15) is 47.4 Å². The minimum atomic E-state index is -1.09. The smallest absolute Gasteiger partial charge is 0.259 e. The quantitative estimate of drug-likeness (QED) is 0.586. The van der Waals surface area contributed by atoms with Gasteiger partial charge in [-0.1, -0.05) is 0 Å². The van der Waals surface area contributed by atoms with Gasteiger partial charge in [-0.3, -0.25) is 9.78 Å². The Hall–Kier alpha value is -3.30. The van der Waals surface area contributed by atoms with Gasteiger partial charge >= 0.3 is 0 Å². The van der Waals surface area contributed by atoms with Gasteiger partial charge in [-0.15, -0.1) is 5.10 Å². The molecule has 1 saturated heterocycles. The van der Waals surface area contributed by atoms with Gasteiger partial charge in [-0.25, -0.2) is 18.3 Å². The zero-order valence-corrected chi connectivity index (χ0v) is 16.3. The SMILES string of the molecule is C[C@H]1CCc2ncc(F)cc2[C@@H]2C[C@H](F)CN2c2ccn3nc(N)c(c3n2)C(=O)N1. The van der Waals surface area contributed by atoms with Crippen molar-refractivity contribution in [2.45, 2.75) is 44.4 Å². The molecule has 5 heterocycles. The second-order valence-electron chi connectivity index (χ2n) is 7.92. The van der Waals surface area contributed by atoms with E-state index in [0.29, 0.717) is 35.6 Å². The van der Waals surface area contributed by atoms with E-state index in [4.69, 9.17) is 5.73 Å². The normalized spacial score (nSPS) is 24.0. The predicted molar refractivity (Wildman–Crippen MR) is 106 cm³/mol. The molecule has 2 bridgehead atoms. The van der Waals surface area contributed by atoms with Gasteiger partial charge in [0, 0.05) is 24.4 Å². The highest BCUT2D eigenvalue weighted by molar-refractivity contribution is 6.04. The van der Waals surface area contributed by atoms with Gasteiger partial charge in [-0.2, -0.15) is 0 Å². The summed E-state index contributed by atoms with van der Waals surface area (Å²) in [6, 6.07) is 2.53. The minimum Gasteiger partial charge on any atom is -0.381 e. The highest BCUT2D eigenvalue weighted by Crippen LogP contribution is 2.38. The lowest BCUT2D eigenvalue weighted by Gasteiger charge is -2.27. The lowest BCUT2D eigenvalue weighted by Crippen LogP contribution is -2.33. The van der Waals surface area contributed by atoms with Crippen molar-refractivity contribution in [2.75, 3.05) is 17.2 Å². The Morgan fingerprint density at radius 1 is 1.37 bits per heavy atom. The number of anilines is 2. The number of fused-ring (bicyclic) bond motifs is 5. The fraction of sp³-hybridized carbons (Fsp3) is 0.400. The molecule has 3 N–H and O–H groups in total. The molecule has 3 atom stereocenters. The summed E-state index contributed by atoms with van der Waals surface area (Å²) in [5, 5.41) is 7.10.